The van der Waals surface area contributed by atoms with E-state index in [0.717, 1.165) is 0 Å². The van der Waals surface area contributed by atoms with Crippen molar-refractivity contribution in [3.05, 3.63) is 170 Å². The first-order valence-electron chi connectivity index (χ1n) is 16.2. The van der Waals surface area contributed by atoms with Crippen LogP contribution >= 0.6 is 11.8 Å². The van der Waals surface area contributed by atoms with Crippen molar-refractivity contribution in [2.45, 2.75) is 9.79 Å². The second kappa shape index (κ2) is 10.5. The van der Waals surface area contributed by atoms with Crippen molar-refractivity contribution in [3.8, 4) is 44.5 Å². The van der Waals surface area contributed by atoms with E-state index in [1.54, 1.807) is 0 Å². The van der Waals surface area contributed by atoms with Crippen LogP contribution in [-0.4, -0.2) is 0 Å². The molecule has 1 aliphatic heterocycles. The van der Waals surface area contributed by atoms with E-state index in [1.807, 2.05) is 11.8 Å². The molecule has 0 spiro atoms. The zero-order chi connectivity index (χ0) is 30.9. The van der Waals surface area contributed by atoms with E-state index < -0.39 is 0 Å². The average molecular weight is 613 g/mol. The van der Waals surface area contributed by atoms with E-state index >= 15 is 0 Å². The molecular formula is C46H28S. The highest BCUT2D eigenvalue weighted by Crippen LogP contribution is 2.50. The lowest BCUT2D eigenvalue weighted by molar-refractivity contribution is 1.40. The molecule has 0 radical (unpaired) electrons. The van der Waals surface area contributed by atoms with Crippen LogP contribution in [0.1, 0.15) is 0 Å². The minimum absolute atomic E-state index is 1.22. The van der Waals surface area contributed by atoms with E-state index in [-0.39, 0.29) is 0 Å². The Bertz CT molecular complexity index is 2700. The Kier molecular flexibility index (Phi) is 5.91. The third-order valence-electron chi connectivity index (χ3n) is 9.81. The second-order valence-corrected chi connectivity index (χ2v) is 13.5. The summed E-state index contributed by atoms with van der Waals surface area (Å²) in [6.45, 7) is 0. The van der Waals surface area contributed by atoms with Crippen molar-refractivity contribution in [2.24, 2.45) is 0 Å². The Morgan fingerprint density at radius 2 is 1.00 bits per heavy atom. The van der Waals surface area contributed by atoms with Crippen molar-refractivity contribution in [1.29, 1.82) is 0 Å². The van der Waals surface area contributed by atoms with Crippen molar-refractivity contribution in [2.75, 3.05) is 0 Å². The minimum Gasteiger partial charge on any atom is -0.0888 e. The summed E-state index contributed by atoms with van der Waals surface area (Å²) in [5.74, 6) is 0. The topological polar surface area (TPSA) is 0 Å². The highest BCUT2D eigenvalue weighted by atomic mass is 32.2. The molecule has 0 amide bonds. The van der Waals surface area contributed by atoms with Crippen LogP contribution in [0, 0.1) is 0 Å². The molecule has 0 atom stereocenters. The molecule has 1 heteroatoms. The maximum Gasteiger partial charge on any atom is 0.0207 e. The van der Waals surface area contributed by atoms with Crippen molar-refractivity contribution < 1.29 is 0 Å². The van der Waals surface area contributed by atoms with Gasteiger partial charge in [0.05, 0.1) is 0 Å². The molecule has 218 valence electrons. The number of rotatable bonds is 3. The lowest BCUT2D eigenvalue weighted by atomic mass is 9.86. The number of benzene rings is 9. The minimum atomic E-state index is 1.22. The molecule has 9 aromatic rings. The quantitative estimate of drug-likeness (QED) is 0.141. The van der Waals surface area contributed by atoms with Crippen LogP contribution in [0.15, 0.2) is 180 Å². The van der Waals surface area contributed by atoms with Crippen LogP contribution in [0.25, 0.3) is 87.6 Å². The van der Waals surface area contributed by atoms with Crippen LogP contribution in [0.4, 0.5) is 0 Å². The predicted octanol–water partition coefficient (Wildman–Crippen LogP) is 13.4. The molecule has 1 heterocycles. The summed E-state index contributed by atoms with van der Waals surface area (Å²) in [4.78, 5) is 2.65. The summed E-state index contributed by atoms with van der Waals surface area (Å²) in [5, 5.41) is 10.3. The van der Waals surface area contributed by atoms with E-state index in [4.69, 9.17) is 0 Å². The maximum absolute atomic E-state index is 2.43. The van der Waals surface area contributed by atoms with Crippen molar-refractivity contribution in [1.82, 2.24) is 0 Å². The summed E-state index contributed by atoms with van der Waals surface area (Å²) < 4.78 is 0. The highest BCUT2D eigenvalue weighted by Gasteiger charge is 2.21. The Labute approximate surface area is 278 Å². The van der Waals surface area contributed by atoms with Gasteiger partial charge in [-0.1, -0.05) is 145 Å². The van der Waals surface area contributed by atoms with Gasteiger partial charge in [0, 0.05) is 15.2 Å². The van der Waals surface area contributed by atoms with Crippen LogP contribution in [0.5, 0.6) is 0 Å². The largest absolute Gasteiger partial charge is 0.0888 e. The van der Waals surface area contributed by atoms with Crippen LogP contribution in [0.2, 0.25) is 0 Å². The molecule has 1 aliphatic rings. The summed E-state index contributed by atoms with van der Waals surface area (Å²) >= 11 is 1.88. The summed E-state index contributed by atoms with van der Waals surface area (Å²) in [6, 6.07) is 62.9. The first-order valence-corrected chi connectivity index (χ1v) is 17.0. The van der Waals surface area contributed by atoms with Gasteiger partial charge in [-0.05, 0) is 119 Å². The monoisotopic (exact) mass is 612 g/mol. The van der Waals surface area contributed by atoms with Gasteiger partial charge < -0.3 is 0 Å². The number of hydrogen-bond donors (Lipinski definition) is 0. The number of fused-ring (bicyclic) bond motifs is 6. The molecule has 0 aliphatic carbocycles. The lowest BCUT2D eigenvalue weighted by Gasteiger charge is -2.22. The van der Waals surface area contributed by atoms with Crippen molar-refractivity contribution >= 4 is 54.9 Å². The summed E-state index contributed by atoms with van der Waals surface area (Å²) in [5.41, 5.74) is 10.1. The van der Waals surface area contributed by atoms with Gasteiger partial charge in [-0.15, -0.1) is 0 Å². The van der Waals surface area contributed by atoms with Crippen LogP contribution < -0.4 is 0 Å². The lowest BCUT2D eigenvalue weighted by Crippen LogP contribution is -1.94. The zero-order valence-electron chi connectivity index (χ0n) is 25.6. The molecule has 10 rings (SSSR count). The number of hydrogen-bond acceptors (Lipinski definition) is 1. The second-order valence-electron chi connectivity index (χ2n) is 12.5. The molecule has 0 N–H and O–H groups in total. The van der Waals surface area contributed by atoms with Gasteiger partial charge in [0.2, 0.25) is 0 Å². The van der Waals surface area contributed by atoms with Gasteiger partial charge >= 0.3 is 0 Å². The Hall–Kier alpha value is -5.63. The summed E-state index contributed by atoms with van der Waals surface area (Å²) in [6.07, 6.45) is 0. The van der Waals surface area contributed by atoms with Gasteiger partial charge in [-0.2, -0.15) is 0 Å². The third kappa shape index (κ3) is 4.17. The van der Waals surface area contributed by atoms with Gasteiger partial charge in [-0.25, -0.2) is 0 Å². The van der Waals surface area contributed by atoms with Gasteiger partial charge in [0.25, 0.3) is 0 Å². The highest BCUT2D eigenvalue weighted by molar-refractivity contribution is 7.99. The Balaban J connectivity index is 1.30. The molecule has 0 saturated carbocycles. The van der Waals surface area contributed by atoms with Gasteiger partial charge in [0.15, 0.2) is 0 Å². The molecule has 0 bridgehead atoms. The maximum atomic E-state index is 2.43. The molecule has 0 saturated heterocycles. The Morgan fingerprint density at radius 1 is 0.298 bits per heavy atom. The van der Waals surface area contributed by atoms with Crippen LogP contribution in [-0.2, 0) is 0 Å². The fourth-order valence-electron chi connectivity index (χ4n) is 7.69. The molecule has 0 unspecified atom stereocenters. The SMILES string of the molecule is c1ccc(-c2cc(-c3ccc4c5c(cccc35)-c3ccccc3S4)cc(-c3c4ccccc4cc4c3ccc3ccccc34)c2)cc1. The zero-order valence-corrected chi connectivity index (χ0v) is 26.4. The average Bonchev–Trinajstić information content (AvgIpc) is 3.14. The molecule has 47 heavy (non-hydrogen) atoms. The van der Waals surface area contributed by atoms with E-state index in [9.17, 15) is 0 Å². The smallest absolute Gasteiger partial charge is 0.0207 e. The molecule has 0 aromatic heterocycles. The fraction of sp³-hybridized carbons (Fsp3) is 0. The standard InChI is InChI=1S/C46H28S/c1-2-11-29(12-3-1)32-25-33(36-23-24-44-46-39(36)18-10-19-40(46)38-17-8-9-20-43(38)47-44)27-34(26-32)45-37-16-7-5-14-31(37)28-42-35-15-6-4-13-30(35)21-22-41(42)45/h1-28H. The van der Waals surface area contributed by atoms with Gasteiger partial charge in [0.1, 0.15) is 0 Å². The Morgan fingerprint density at radius 3 is 1.91 bits per heavy atom. The molecular weight excluding hydrogens is 585 g/mol. The normalized spacial score (nSPS) is 12.2. The first kappa shape index (κ1) is 26.6. The fourth-order valence-corrected chi connectivity index (χ4v) is 8.82. The third-order valence-corrected chi connectivity index (χ3v) is 10.9. The van der Waals surface area contributed by atoms with Crippen molar-refractivity contribution in [3.63, 3.8) is 0 Å². The van der Waals surface area contributed by atoms with Gasteiger partial charge in [-0.3, -0.25) is 0 Å². The molecule has 0 nitrogen and oxygen atoms in total. The van der Waals surface area contributed by atoms with Crippen LogP contribution in [0.3, 0.4) is 0 Å². The molecule has 0 fully saturated rings. The first-order chi connectivity index (χ1) is 23.3. The van der Waals surface area contributed by atoms with E-state index in [2.05, 4.69) is 170 Å². The van der Waals surface area contributed by atoms with E-state index in [1.165, 1.54) is 97.4 Å². The summed E-state index contributed by atoms with van der Waals surface area (Å²) in [7, 11) is 0. The van der Waals surface area contributed by atoms with E-state index in [0.29, 0.717) is 0 Å². The predicted molar refractivity (Wildman–Crippen MR) is 202 cm³/mol. The molecule has 9 aromatic carbocycles.